The van der Waals surface area contributed by atoms with Gasteiger partial charge in [0.2, 0.25) is 15.9 Å². The first-order valence-electron chi connectivity index (χ1n) is 14.8. The van der Waals surface area contributed by atoms with Crippen LogP contribution in [0.25, 0.3) is 12.2 Å². The molecule has 2 aliphatic rings. The number of piperidine rings is 1. The SMILES string of the molecule is Cc1cccc(N2CCN(C(=O)C3CCN(S(=O)(=O)c4c(C)noc4/C=C/c4c(C)cc(C)cc4C)CC3)CC2C)c1. The second-order valence-electron chi connectivity index (χ2n) is 12.0. The molecule has 2 aliphatic heterocycles. The molecular formula is C33H42N4O4S. The highest BCUT2D eigenvalue weighted by Crippen LogP contribution is 2.31. The van der Waals surface area contributed by atoms with E-state index in [9.17, 15) is 13.2 Å². The van der Waals surface area contributed by atoms with E-state index in [0.717, 1.165) is 23.2 Å². The maximum atomic E-state index is 13.8. The summed E-state index contributed by atoms with van der Waals surface area (Å²) in [6, 6.07) is 12.9. The van der Waals surface area contributed by atoms with Crippen LogP contribution in [0.2, 0.25) is 0 Å². The molecule has 8 nitrogen and oxygen atoms in total. The lowest BCUT2D eigenvalue weighted by atomic mass is 9.95. The maximum absolute atomic E-state index is 13.8. The smallest absolute Gasteiger partial charge is 0.248 e. The molecule has 1 unspecified atom stereocenters. The lowest BCUT2D eigenvalue weighted by Crippen LogP contribution is -2.55. The third-order valence-corrected chi connectivity index (χ3v) is 10.7. The highest BCUT2D eigenvalue weighted by molar-refractivity contribution is 7.89. The van der Waals surface area contributed by atoms with Crippen molar-refractivity contribution in [2.45, 2.75) is 65.3 Å². The molecule has 2 saturated heterocycles. The number of amides is 1. The van der Waals surface area contributed by atoms with Crippen molar-refractivity contribution in [3.8, 4) is 0 Å². The number of aryl methyl sites for hydroxylation is 5. The zero-order valence-corrected chi connectivity index (χ0v) is 26.4. The summed E-state index contributed by atoms with van der Waals surface area (Å²) in [6.45, 7) is 14.8. The average Bonchev–Trinajstić information content (AvgIpc) is 3.33. The summed E-state index contributed by atoms with van der Waals surface area (Å²) in [4.78, 5) is 17.9. The molecule has 0 saturated carbocycles. The number of hydrogen-bond acceptors (Lipinski definition) is 6. The Labute approximate surface area is 250 Å². The first kappa shape index (κ1) is 30.0. The van der Waals surface area contributed by atoms with Gasteiger partial charge in [-0.05, 0) is 94.8 Å². The van der Waals surface area contributed by atoms with Gasteiger partial charge in [0.25, 0.3) is 0 Å². The fourth-order valence-corrected chi connectivity index (χ4v) is 8.21. The third kappa shape index (κ3) is 6.03. The lowest BCUT2D eigenvalue weighted by molar-refractivity contribution is -0.137. The molecular weight excluding hydrogens is 548 g/mol. The molecule has 1 amide bonds. The van der Waals surface area contributed by atoms with E-state index in [1.54, 1.807) is 13.0 Å². The zero-order valence-electron chi connectivity index (χ0n) is 25.6. The zero-order chi connectivity index (χ0) is 30.2. The van der Waals surface area contributed by atoms with Crippen molar-refractivity contribution in [3.63, 3.8) is 0 Å². The van der Waals surface area contributed by atoms with Crippen molar-refractivity contribution in [2.24, 2.45) is 5.92 Å². The molecule has 1 atom stereocenters. The third-order valence-electron chi connectivity index (χ3n) is 8.65. The van der Waals surface area contributed by atoms with E-state index in [-0.39, 0.29) is 28.5 Å². The molecule has 1 aromatic heterocycles. The van der Waals surface area contributed by atoms with E-state index in [2.05, 4.69) is 67.2 Å². The highest BCUT2D eigenvalue weighted by atomic mass is 32.2. The Morgan fingerprint density at radius 3 is 2.26 bits per heavy atom. The summed E-state index contributed by atoms with van der Waals surface area (Å²) >= 11 is 0. The summed E-state index contributed by atoms with van der Waals surface area (Å²) in [5, 5.41) is 4.00. The van der Waals surface area contributed by atoms with E-state index in [0.29, 0.717) is 44.7 Å². The predicted molar refractivity (Wildman–Crippen MR) is 167 cm³/mol. The normalized spacial score (nSPS) is 19.1. The molecule has 0 bridgehead atoms. The molecule has 2 fully saturated rings. The predicted octanol–water partition coefficient (Wildman–Crippen LogP) is 5.53. The summed E-state index contributed by atoms with van der Waals surface area (Å²) in [6.07, 6.45) is 4.60. The van der Waals surface area contributed by atoms with Crippen LogP contribution >= 0.6 is 0 Å². The van der Waals surface area contributed by atoms with Gasteiger partial charge in [-0.2, -0.15) is 4.31 Å². The molecule has 0 aliphatic carbocycles. The molecule has 0 radical (unpaired) electrons. The van der Waals surface area contributed by atoms with E-state index >= 15 is 0 Å². The Bertz CT molecular complexity index is 1580. The van der Waals surface area contributed by atoms with Gasteiger partial charge in [0.15, 0.2) is 10.7 Å². The number of sulfonamides is 1. The van der Waals surface area contributed by atoms with E-state index in [4.69, 9.17) is 4.52 Å². The van der Waals surface area contributed by atoms with Crippen LogP contribution in [0.5, 0.6) is 0 Å². The van der Waals surface area contributed by atoms with Gasteiger partial charge in [0.05, 0.1) is 0 Å². The van der Waals surface area contributed by atoms with Crippen LogP contribution < -0.4 is 4.90 Å². The number of hydrogen-bond donors (Lipinski definition) is 0. The standard InChI is InChI=1S/C33H42N4O4S/c1-22-8-7-9-29(20-22)37-17-16-35(21-26(37)5)33(38)28-12-14-36(15-13-28)42(39,40)32-27(6)34-41-31(32)11-10-30-24(3)18-23(2)19-25(30)4/h7-11,18-20,26,28H,12-17,21H2,1-6H3/b11-10+. The fourth-order valence-electron chi connectivity index (χ4n) is 6.49. The molecule has 9 heteroatoms. The van der Waals surface area contributed by atoms with Crippen LogP contribution in [0.1, 0.15) is 59.0 Å². The van der Waals surface area contributed by atoms with Crippen LogP contribution in [0.15, 0.2) is 45.8 Å². The summed E-state index contributed by atoms with van der Waals surface area (Å²) < 4.78 is 34.5. The minimum absolute atomic E-state index is 0.104. The monoisotopic (exact) mass is 590 g/mol. The minimum Gasteiger partial charge on any atom is -0.365 e. The van der Waals surface area contributed by atoms with Crippen LogP contribution in [0.3, 0.4) is 0 Å². The van der Waals surface area contributed by atoms with Gasteiger partial charge in [-0.1, -0.05) is 41.1 Å². The topological polar surface area (TPSA) is 87.0 Å². The number of anilines is 1. The van der Waals surface area contributed by atoms with Gasteiger partial charge in [0.1, 0.15) is 5.69 Å². The Balaban J connectivity index is 1.24. The minimum atomic E-state index is -3.84. The lowest BCUT2D eigenvalue weighted by Gasteiger charge is -2.43. The van der Waals surface area contributed by atoms with Crippen molar-refractivity contribution < 1.29 is 17.7 Å². The average molecular weight is 591 g/mol. The molecule has 3 heterocycles. The van der Waals surface area contributed by atoms with Crippen molar-refractivity contribution in [2.75, 3.05) is 37.6 Å². The van der Waals surface area contributed by atoms with Crippen molar-refractivity contribution >= 4 is 33.8 Å². The van der Waals surface area contributed by atoms with Crippen LogP contribution in [0, 0.1) is 40.5 Å². The number of rotatable bonds is 6. The molecule has 224 valence electrons. The number of carbonyl (C=O) groups excluding carboxylic acids is 1. The van der Waals surface area contributed by atoms with Gasteiger partial charge >= 0.3 is 0 Å². The largest absolute Gasteiger partial charge is 0.365 e. The molecule has 3 aromatic rings. The summed E-state index contributed by atoms with van der Waals surface area (Å²) in [7, 11) is -3.84. The first-order valence-corrected chi connectivity index (χ1v) is 16.2. The highest BCUT2D eigenvalue weighted by Gasteiger charge is 2.38. The van der Waals surface area contributed by atoms with E-state index in [1.165, 1.54) is 21.1 Å². The van der Waals surface area contributed by atoms with Gasteiger partial charge in [0, 0.05) is 50.4 Å². The Morgan fingerprint density at radius 1 is 0.929 bits per heavy atom. The number of nitrogens with zero attached hydrogens (tertiary/aromatic N) is 4. The fraction of sp³-hybridized carbons (Fsp3) is 0.455. The maximum Gasteiger partial charge on any atom is 0.248 e. The van der Waals surface area contributed by atoms with Crippen molar-refractivity contribution in [1.82, 2.24) is 14.4 Å². The quantitative estimate of drug-likeness (QED) is 0.376. The first-order chi connectivity index (χ1) is 20.0. The summed E-state index contributed by atoms with van der Waals surface area (Å²) in [5.74, 6) is 0.187. The van der Waals surface area contributed by atoms with Crippen molar-refractivity contribution in [3.05, 3.63) is 75.7 Å². The van der Waals surface area contributed by atoms with Gasteiger partial charge in [-0.3, -0.25) is 4.79 Å². The van der Waals surface area contributed by atoms with E-state index < -0.39 is 10.0 Å². The number of benzene rings is 2. The Kier molecular flexibility index (Phi) is 8.62. The molecule has 2 aromatic carbocycles. The van der Waals surface area contributed by atoms with E-state index in [1.807, 2.05) is 24.8 Å². The molecule has 0 spiro atoms. The van der Waals surface area contributed by atoms with Gasteiger partial charge < -0.3 is 14.3 Å². The second-order valence-corrected chi connectivity index (χ2v) is 13.8. The second kappa shape index (κ2) is 12.1. The summed E-state index contributed by atoms with van der Waals surface area (Å²) in [5.41, 5.74) is 7.19. The molecule has 5 rings (SSSR count). The Hall–Kier alpha value is -3.43. The van der Waals surface area contributed by atoms with Crippen LogP contribution in [-0.2, 0) is 14.8 Å². The van der Waals surface area contributed by atoms with Gasteiger partial charge in [-0.25, -0.2) is 8.42 Å². The van der Waals surface area contributed by atoms with Crippen LogP contribution in [0.4, 0.5) is 5.69 Å². The molecule has 0 N–H and O–H groups in total. The molecule has 42 heavy (non-hydrogen) atoms. The van der Waals surface area contributed by atoms with Crippen molar-refractivity contribution in [1.29, 1.82) is 0 Å². The van der Waals surface area contributed by atoms with Gasteiger partial charge in [-0.15, -0.1) is 0 Å². The van der Waals surface area contributed by atoms with Crippen LogP contribution in [-0.4, -0.2) is 67.5 Å². The number of aromatic nitrogens is 1. The number of carbonyl (C=O) groups is 1. The Morgan fingerprint density at radius 2 is 1.62 bits per heavy atom. The number of piperazine rings is 1.